The molecule has 17 heavy (non-hydrogen) atoms. The maximum absolute atomic E-state index is 4.22. The molecule has 1 aromatic heterocycles. The van der Waals surface area contributed by atoms with Crippen LogP contribution < -0.4 is 5.32 Å². The van der Waals surface area contributed by atoms with E-state index in [1.807, 2.05) is 23.1 Å². The van der Waals surface area contributed by atoms with Gasteiger partial charge in [-0.1, -0.05) is 12.2 Å². The van der Waals surface area contributed by atoms with Gasteiger partial charge in [-0.05, 0) is 51.1 Å². The van der Waals surface area contributed by atoms with E-state index in [9.17, 15) is 0 Å². The molecule has 2 atom stereocenters. The Balaban J connectivity index is 1.60. The van der Waals surface area contributed by atoms with Crippen LogP contribution in [0.3, 0.4) is 0 Å². The minimum Gasteiger partial charge on any atom is -0.314 e. The van der Waals surface area contributed by atoms with Crippen LogP contribution in [0.4, 0.5) is 0 Å². The molecule has 1 aromatic rings. The second-order valence-electron chi connectivity index (χ2n) is 5.02. The molecule has 3 heteroatoms. The second-order valence-corrected chi connectivity index (χ2v) is 5.02. The smallest absolute Gasteiger partial charge is 0.0489 e. The van der Waals surface area contributed by atoms with Crippen molar-refractivity contribution in [3.8, 4) is 0 Å². The Bertz CT molecular complexity index is 329. The van der Waals surface area contributed by atoms with E-state index < -0.39 is 0 Å². The standard InChI is InChI=1S/C14H23N3/c1-13(8-11-17-10-5-9-16-17)15-12-14-6-3-2-4-7-14/h2-3,5,9-10,13-15H,4,6-8,11-12H2,1H3/t13-,14-/m0/s1. The van der Waals surface area contributed by atoms with Crippen molar-refractivity contribution in [2.75, 3.05) is 6.54 Å². The van der Waals surface area contributed by atoms with Crippen molar-refractivity contribution in [1.29, 1.82) is 0 Å². The Hall–Kier alpha value is -1.09. The third kappa shape index (κ3) is 4.35. The topological polar surface area (TPSA) is 29.9 Å². The molecule has 1 aliphatic rings. The number of nitrogens with zero attached hydrogens (tertiary/aromatic N) is 2. The molecule has 0 saturated heterocycles. The molecule has 0 fully saturated rings. The Morgan fingerprint density at radius 3 is 3.12 bits per heavy atom. The van der Waals surface area contributed by atoms with Crippen molar-refractivity contribution in [3.05, 3.63) is 30.6 Å². The van der Waals surface area contributed by atoms with E-state index in [1.54, 1.807) is 0 Å². The Morgan fingerprint density at radius 1 is 1.47 bits per heavy atom. The first-order valence-electron chi connectivity index (χ1n) is 6.70. The third-order valence-corrected chi connectivity index (χ3v) is 3.48. The van der Waals surface area contributed by atoms with E-state index in [-0.39, 0.29) is 0 Å². The summed E-state index contributed by atoms with van der Waals surface area (Å²) in [5.41, 5.74) is 0. The van der Waals surface area contributed by atoms with Crippen LogP contribution in [-0.4, -0.2) is 22.4 Å². The number of nitrogens with one attached hydrogen (secondary N) is 1. The van der Waals surface area contributed by atoms with Crippen LogP contribution in [0.15, 0.2) is 30.6 Å². The summed E-state index contributed by atoms with van der Waals surface area (Å²) in [6.45, 7) is 4.43. The van der Waals surface area contributed by atoms with Crippen LogP contribution in [0.25, 0.3) is 0 Å². The van der Waals surface area contributed by atoms with Gasteiger partial charge in [0.2, 0.25) is 0 Å². The minimum atomic E-state index is 0.574. The fraction of sp³-hybridized carbons (Fsp3) is 0.643. The van der Waals surface area contributed by atoms with Crippen molar-refractivity contribution in [2.24, 2.45) is 5.92 Å². The lowest BCUT2D eigenvalue weighted by molar-refractivity contribution is 0.388. The molecular formula is C14H23N3. The van der Waals surface area contributed by atoms with Crippen molar-refractivity contribution in [1.82, 2.24) is 15.1 Å². The maximum atomic E-state index is 4.22. The number of allylic oxidation sites excluding steroid dienone is 2. The first-order valence-corrected chi connectivity index (χ1v) is 6.70. The van der Waals surface area contributed by atoms with Crippen molar-refractivity contribution in [3.63, 3.8) is 0 Å². The molecule has 0 spiro atoms. The van der Waals surface area contributed by atoms with Gasteiger partial charge in [0.25, 0.3) is 0 Å². The summed E-state index contributed by atoms with van der Waals surface area (Å²) in [5.74, 6) is 0.840. The maximum Gasteiger partial charge on any atom is 0.0489 e. The normalized spacial score (nSPS) is 21.6. The molecule has 0 saturated carbocycles. The van der Waals surface area contributed by atoms with Gasteiger partial charge in [-0.15, -0.1) is 0 Å². The lowest BCUT2D eigenvalue weighted by atomic mass is 9.94. The van der Waals surface area contributed by atoms with Gasteiger partial charge in [0, 0.05) is 25.0 Å². The number of aromatic nitrogens is 2. The number of hydrogen-bond acceptors (Lipinski definition) is 2. The highest BCUT2D eigenvalue weighted by molar-refractivity contribution is 4.90. The molecule has 1 N–H and O–H groups in total. The number of hydrogen-bond donors (Lipinski definition) is 1. The van der Waals surface area contributed by atoms with Crippen molar-refractivity contribution < 1.29 is 0 Å². The monoisotopic (exact) mass is 233 g/mol. The average molecular weight is 233 g/mol. The molecule has 0 bridgehead atoms. The quantitative estimate of drug-likeness (QED) is 0.765. The van der Waals surface area contributed by atoms with Gasteiger partial charge in [-0.25, -0.2) is 0 Å². The summed E-state index contributed by atoms with van der Waals surface area (Å²) < 4.78 is 2.00. The van der Waals surface area contributed by atoms with Crippen molar-refractivity contribution in [2.45, 2.75) is 45.2 Å². The average Bonchev–Trinajstić information content (AvgIpc) is 2.88. The second kappa shape index (κ2) is 6.60. The van der Waals surface area contributed by atoms with Crippen LogP contribution >= 0.6 is 0 Å². The van der Waals surface area contributed by atoms with Crippen molar-refractivity contribution >= 4 is 0 Å². The van der Waals surface area contributed by atoms with Gasteiger partial charge in [0.1, 0.15) is 0 Å². The molecule has 0 aromatic carbocycles. The predicted octanol–water partition coefficient (Wildman–Crippen LogP) is 2.61. The van der Waals surface area contributed by atoms with E-state index in [4.69, 9.17) is 0 Å². The molecule has 0 radical (unpaired) electrons. The molecule has 0 unspecified atom stereocenters. The zero-order valence-corrected chi connectivity index (χ0v) is 10.7. The lowest BCUT2D eigenvalue weighted by Crippen LogP contribution is -2.32. The highest BCUT2D eigenvalue weighted by Gasteiger charge is 2.10. The van der Waals surface area contributed by atoms with Crippen LogP contribution in [-0.2, 0) is 6.54 Å². The summed E-state index contributed by atoms with van der Waals surface area (Å²) in [5, 5.41) is 7.86. The van der Waals surface area contributed by atoms with E-state index in [2.05, 4.69) is 29.5 Å². The molecular weight excluding hydrogens is 210 g/mol. The molecule has 2 rings (SSSR count). The van der Waals surface area contributed by atoms with Gasteiger partial charge < -0.3 is 5.32 Å². The highest BCUT2D eigenvalue weighted by Crippen LogP contribution is 2.17. The first-order chi connectivity index (χ1) is 8.34. The number of rotatable bonds is 6. The van der Waals surface area contributed by atoms with E-state index in [0.717, 1.165) is 25.4 Å². The van der Waals surface area contributed by atoms with Gasteiger partial charge in [0.05, 0.1) is 0 Å². The van der Waals surface area contributed by atoms with Crippen LogP contribution in [0, 0.1) is 5.92 Å². The van der Waals surface area contributed by atoms with Gasteiger partial charge in [-0.2, -0.15) is 5.10 Å². The number of aryl methyl sites for hydroxylation is 1. The molecule has 94 valence electrons. The highest BCUT2D eigenvalue weighted by atomic mass is 15.3. The molecule has 1 aliphatic carbocycles. The largest absolute Gasteiger partial charge is 0.314 e. The first kappa shape index (κ1) is 12.4. The van der Waals surface area contributed by atoms with Gasteiger partial charge in [-0.3, -0.25) is 4.68 Å². The zero-order chi connectivity index (χ0) is 11.9. The fourth-order valence-electron chi connectivity index (χ4n) is 2.27. The van der Waals surface area contributed by atoms with Crippen LogP contribution in [0.2, 0.25) is 0 Å². The van der Waals surface area contributed by atoms with E-state index in [1.165, 1.54) is 19.3 Å². The lowest BCUT2D eigenvalue weighted by Gasteiger charge is -2.21. The Kier molecular flexibility index (Phi) is 4.80. The summed E-state index contributed by atoms with van der Waals surface area (Å²) >= 11 is 0. The molecule has 1 heterocycles. The summed E-state index contributed by atoms with van der Waals surface area (Å²) in [6, 6.07) is 2.55. The Morgan fingerprint density at radius 2 is 2.41 bits per heavy atom. The fourth-order valence-corrected chi connectivity index (χ4v) is 2.27. The predicted molar refractivity (Wildman–Crippen MR) is 70.8 cm³/mol. The van der Waals surface area contributed by atoms with Gasteiger partial charge >= 0.3 is 0 Å². The summed E-state index contributed by atoms with van der Waals surface area (Å²) in [7, 11) is 0. The molecule has 3 nitrogen and oxygen atoms in total. The SMILES string of the molecule is C[C@@H](CCn1cccn1)NC[C@H]1CC=CCC1. The molecule has 0 amide bonds. The van der Waals surface area contributed by atoms with Crippen LogP contribution in [0.5, 0.6) is 0 Å². The zero-order valence-electron chi connectivity index (χ0n) is 10.7. The summed E-state index contributed by atoms with van der Waals surface area (Å²) in [6.07, 6.45) is 13.5. The minimum absolute atomic E-state index is 0.574. The third-order valence-electron chi connectivity index (χ3n) is 3.48. The van der Waals surface area contributed by atoms with Gasteiger partial charge in [0.15, 0.2) is 0 Å². The van der Waals surface area contributed by atoms with Crippen LogP contribution in [0.1, 0.15) is 32.6 Å². The van der Waals surface area contributed by atoms with E-state index >= 15 is 0 Å². The molecule has 0 aliphatic heterocycles. The van der Waals surface area contributed by atoms with E-state index in [0.29, 0.717) is 6.04 Å². The Labute approximate surface area is 104 Å². The summed E-state index contributed by atoms with van der Waals surface area (Å²) in [4.78, 5) is 0.